The van der Waals surface area contributed by atoms with Gasteiger partial charge >= 0.3 is 0 Å². The number of nitrogens with one attached hydrogen (secondary N) is 2. The number of hydrogen-bond donors (Lipinski definition) is 2. The zero-order valence-electron chi connectivity index (χ0n) is 17.4. The highest BCUT2D eigenvalue weighted by atomic mass is 16.5. The topological polar surface area (TPSA) is 93.4 Å². The molecule has 0 fully saturated rings. The van der Waals surface area contributed by atoms with Gasteiger partial charge < -0.3 is 19.6 Å². The van der Waals surface area contributed by atoms with Gasteiger partial charge in [0.15, 0.2) is 0 Å². The minimum absolute atomic E-state index is 0.170. The number of fused-ring (bicyclic) bond motifs is 2. The molecular weight excluding hydrogens is 406 g/mol. The molecule has 0 radical (unpaired) electrons. The molecule has 5 rings (SSSR count). The van der Waals surface area contributed by atoms with Crippen molar-refractivity contribution in [2.24, 2.45) is 0 Å². The molecule has 0 bridgehead atoms. The van der Waals surface area contributed by atoms with Crippen LogP contribution in [0.4, 0.5) is 0 Å². The van der Waals surface area contributed by atoms with Crippen LogP contribution in [0.15, 0.2) is 78.0 Å². The summed E-state index contributed by atoms with van der Waals surface area (Å²) in [4.78, 5) is 28.7. The zero-order chi connectivity index (χ0) is 22.1. The van der Waals surface area contributed by atoms with Crippen molar-refractivity contribution < 1.29 is 9.53 Å². The van der Waals surface area contributed by atoms with E-state index in [0.717, 1.165) is 22.2 Å². The second-order valence-electron chi connectivity index (χ2n) is 7.39. The summed E-state index contributed by atoms with van der Waals surface area (Å²) in [5, 5.41) is 8.28. The molecule has 0 saturated carbocycles. The van der Waals surface area contributed by atoms with Gasteiger partial charge in [-0.25, -0.2) is 4.52 Å². The maximum atomic E-state index is 12.9. The van der Waals surface area contributed by atoms with Crippen LogP contribution in [0, 0.1) is 0 Å². The lowest BCUT2D eigenvalue weighted by molar-refractivity contribution is 0.0954. The number of benzene rings is 2. The first kappa shape index (κ1) is 19.6. The number of methoxy groups -OCH3 is 1. The van der Waals surface area contributed by atoms with Crippen molar-refractivity contribution in [3.05, 3.63) is 89.1 Å². The number of aromatic nitrogens is 4. The largest absolute Gasteiger partial charge is 0.497 e. The van der Waals surface area contributed by atoms with Crippen molar-refractivity contribution in [2.75, 3.05) is 13.7 Å². The minimum Gasteiger partial charge on any atom is -0.497 e. The van der Waals surface area contributed by atoms with Crippen LogP contribution < -0.4 is 15.6 Å². The highest BCUT2D eigenvalue weighted by Crippen LogP contribution is 2.23. The first-order valence-corrected chi connectivity index (χ1v) is 10.2. The molecule has 8 heteroatoms. The number of nitrogens with zero attached hydrogens (tertiary/aromatic N) is 3. The number of ether oxygens (including phenoxy) is 1. The van der Waals surface area contributed by atoms with Gasteiger partial charge in [-0.05, 0) is 36.4 Å². The fraction of sp³-hybridized carbons (Fsp3) is 0.125. The van der Waals surface area contributed by atoms with Gasteiger partial charge in [-0.15, -0.1) is 0 Å². The second-order valence-corrected chi connectivity index (χ2v) is 7.39. The third-order valence-corrected chi connectivity index (χ3v) is 5.45. The summed E-state index contributed by atoms with van der Waals surface area (Å²) in [5.41, 5.74) is 3.36. The molecule has 0 aliphatic carbocycles. The Kier molecular flexibility index (Phi) is 4.95. The van der Waals surface area contributed by atoms with Gasteiger partial charge in [-0.2, -0.15) is 5.10 Å². The quantitative estimate of drug-likeness (QED) is 0.436. The van der Waals surface area contributed by atoms with E-state index in [-0.39, 0.29) is 11.5 Å². The van der Waals surface area contributed by atoms with E-state index >= 15 is 0 Å². The van der Waals surface area contributed by atoms with Gasteiger partial charge in [0.1, 0.15) is 11.3 Å². The zero-order valence-corrected chi connectivity index (χ0v) is 17.4. The third-order valence-electron chi connectivity index (χ3n) is 5.45. The molecule has 0 aliphatic rings. The number of H-pyrrole nitrogens is 1. The van der Waals surface area contributed by atoms with E-state index in [9.17, 15) is 9.59 Å². The molecular formula is C24H21N5O3. The van der Waals surface area contributed by atoms with Crippen LogP contribution in [0.3, 0.4) is 0 Å². The van der Waals surface area contributed by atoms with Crippen molar-refractivity contribution in [1.82, 2.24) is 24.5 Å². The number of carbonyl (C=O) groups is 1. The van der Waals surface area contributed by atoms with Crippen molar-refractivity contribution in [1.29, 1.82) is 0 Å². The van der Waals surface area contributed by atoms with Crippen molar-refractivity contribution >= 4 is 22.3 Å². The van der Waals surface area contributed by atoms with Crippen LogP contribution in [-0.2, 0) is 6.54 Å². The SMILES string of the molecule is COc1cccc(-c2cc3c(=O)n(CCNC(=O)c4cccc5[nH]ccc45)ccn3n2)c1. The summed E-state index contributed by atoms with van der Waals surface area (Å²) in [7, 11) is 1.61. The lowest BCUT2D eigenvalue weighted by atomic mass is 10.1. The summed E-state index contributed by atoms with van der Waals surface area (Å²) in [6, 6.07) is 16.7. The van der Waals surface area contributed by atoms with Gasteiger partial charge in [0.05, 0.1) is 12.8 Å². The number of rotatable bonds is 6. The predicted molar refractivity (Wildman–Crippen MR) is 122 cm³/mol. The molecule has 32 heavy (non-hydrogen) atoms. The van der Waals surface area contributed by atoms with Crippen LogP contribution in [0.2, 0.25) is 0 Å². The summed E-state index contributed by atoms with van der Waals surface area (Å²) in [6.07, 6.45) is 5.22. The Bertz CT molecular complexity index is 1490. The van der Waals surface area contributed by atoms with Gasteiger partial charge in [0, 0.05) is 53.7 Å². The molecule has 2 aromatic carbocycles. The average molecular weight is 427 g/mol. The summed E-state index contributed by atoms with van der Waals surface area (Å²) in [5.74, 6) is 0.553. The van der Waals surface area contributed by atoms with Crippen molar-refractivity contribution in [3.8, 4) is 17.0 Å². The monoisotopic (exact) mass is 427 g/mol. The number of amides is 1. The van der Waals surface area contributed by atoms with Crippen LogP contribution >= 0.6 is 0 Å². The Balaban J connectivity index is 1.33. The van der Waals surface area contributed by atoms with Crippen LogP contribution in [0.1, 0.15) is 10.4 Å². The Morgan fingerprint density at radius 2 is 2.00 bits per heavy atom. The highest BCUT2D eigenvalue weighted by molar-refractivity contribution is 6.06. The molecule has 0 saturated heterocycles. The van der Waals surface area contributed by atoms with E-state index in [1.807, 2.05) is 48.7 Å². The van der Waals surface area contributed by atoms with Crippen molar-refractivity contribution in [2.45, 2.75) is 6.54 Å². The van der Waals surface area contributed by atoms with E-state index in [1.165, 1.54) is 0 Å². The van der Waals surface area contributed by atoms with Gasteiger partial charge in [0.2, 0.25) is 0 Å². The number of aromatic amines is 1. The molecule has 2 N–H and O–H groups in total. The average Bonchev–Trinajstić information content (AvgIpc) is 3.48. The van der Waals surface area contributed by atoms with Crippen LogP contribution in [0.25, 0.3) is 27.7 Å². The van der Waals surface area contributed by atoms with E-state index in [4.69, 9.17) is 4.74 Å². The Morgan fingerprint density at radius 1 is 1.12 bits per heavy atom. The van der Waals surface area contributed by atoms with Gasteiger partial charge in [-0.1, -0.05) is 18.2 Å². The second kappa shape index (κ2) is 8.07. The fourth-order valence-electron chi connectivity index (χ4n) is 3.79. The molecule has 3 heterocycles. The van der Waals surface area contributed by atoms with E-state index in [2.05, 4.69) is 15.4 Å². The van der Waals surface area contributed by atoms with E-state index < -0.39 is 0 Å². The molecule has 0 unspecified atom stereocenters. The lowest BCUT2D eigenvalue weighted by Gasteiger charge is -2.08. The Labute approximate surface area is 183 Å². The minimum atomic E-state index is -0.172. The molecule has 1 amide bonds. The normalized spacial score (nSPS) is 11.2. The molecule has 0 aliphatic heterocycles. The van der Waals surface area contributed by atoms with Gasteiger partial charge in [-0.3, -0.25) is 9.59 Å². The summed E-state index contributed by atoms with van der Waals surface area (Å²) in [6.45, 7) is 0.677. The molecule has 0 spiro atoms. The number of hydrogen-bond acceptors (Lipinski definition) is 4. The fourth-order valence-corrected chi connectivity index (χ4v) is 3.79. The van der Waals surface area contributed by atoms with E-state index in [1.54, 1.807) is 40.7 Å². The van der Waals surface area contributed by atoms with Gasteiger partial charge in [0.25, 0.3) is 11.5 Å². The molecule has 8 nitrogen and oxygen atoms in total. The van der Waals surface area contributed by atoms with Crippen LogP contribution in [-0.4, -0.2) is 38.7 Å². The predicted octanol–water partition coefficient (Wildman–Crippen LogP) is 3.08. The first-order chi connectivity index (χ1) is 15.6. The van der Waals surface area contributed by atoms with Crippen molar-refractivity contribution in [3.63, 3.8) is 0 Å². The Morgan fingerprint density at radius 3 is 2.88 bits per heavy atom. The standard InChI is InChI=1S/C24H21N5O3/c1-32-17-5-2-4-16(14-17)21-15-22-24(31)28(12-13-29(22)27-21)11-10-26-23(30)19-6-3-7-20-18(19)8-9-25-20/h2-9,12-15,25H,10-11H2,1H3,(H,26,30). The molecule has 5 aromatic rings. The smallest absolute Gasteiger partial charge is 0.276 e. The number of carbonyl (C=O) groups excluding carboxylic acids is 1. The highest BCUT2D eigenvalue weighted by Gasteiger charge is 2.12. The first-order valence-electron chi connectivity index (χ1n) is 10.2. The Hall–Kier alpha value is -4.33. The third kappa shape index (κ3) is 3.51. The lowest BCUT2D eigenvalue weighted by Crippen LogP contribution is -2.31. The summed E-state index contributed by atoms with van der Waals surface area (Å²) >= 11 is 0. The summed E-state index contributed by atoms with van der Waals surface area (Å²) < 4.78 is 8.41. The van der Waals surface area contributed by atoms with Crippen LogP contribution in [0.5, 0.6) is 5.75 Å². The van der Waals surface area contributed by atoms with E-state index in [0.29, 0.717) is 29.9 Å². The molecule has 3 aromatic heterocycles. The maximum absolute atomic E-state index is 12.9. The maximum Gasteiger partial charge on any atom is 0.276 e. The molecule has 160 valence electrons. The molecule has 0 atom stereocenters.